The standard InChI is InChI=1S/O2S.Zr/c1-3-2;. The monoisotopic (exact) mass is 154 g/mol. The average Bonchev–Trinajstić information content (AvgIpc) is 0.811. The van der Waals surface area contributed by atoms with Crippen LogP contribution < -0.4 is 0 Å². The van der Waals surface area contributed by atoms with Gasteiger partial charge in [0.2, 0.25) is 0 Å². The van der Waals surface area contributed by atoms with E-state index >= 15 is 0 Å². The van der Waals surface area contributed by atoms with E-state index in [2.05, 4.69) is 0 Å². The summed E-state index contributed by atoms with van der Waals surface area (Å²) >= 11 is 0.553. The van der Waals surface area contributed by atoms with E-state index in [9.17, 15) is 0 Å². The number of hydrogen-bond acceptors (Lipinski definition) is 2. The fourth-order valence-corrected chi connectivity index (χ4v) is 0. The van der Waals surface area contributed by atoms with E-state index in [0.717, 1.165) is 0 Å². The van der Waals surface area contributed by atoms with Crippen LogP contribution in [0.2, 0.25) is 0 Å². The third kappa shape index (κ3) is 15.9. The molecule has 0 saturated carbocycles. The van der Waals surface area contributed by atoms with Crippen molar-refractivity contribution >= 4 is 6.93 Å². The fourth-order valence-electron chi connectivity index (χ4n) is 0. The van der Waals surface area contributed by atoms with Crippen molar-refractivity contribution in [3.05, 3.63) is 0 Å². The van der Waals surface area contributed by atoms with Crippen molar-refractivity contribution in [2.24, 2.45) is 0 Å². The molecule has 0 amide bonds. The molecule has 0 radical (unpaired) electrons. The summed E-state index contributed by atoms with van der Waals surface area (Å²) in [6.45, 7) is -1.77. The van der Waals surface area contributed by atoms with Gasteiger partial charge >= 0.3 is 38.0 Å². The Morgan fingerprint density at radius 3 is 1.50 bits per heavy atom. The minimum atomic E-state index is -1.77. The van der Waals surface area contributed by atoms with Crippen molar-refractivity contribution in [3.63, 3.8) is 0 Å². The molecule has 0 aromatic rings. The third-order valence-electron chi connectivity index (χ3n) is 0. The first-order valence-corrected chi connectivity index (χ1v) is 4.62. The summed E-state index contributed by atoms with van der Waals surface area (Å²) in [4.78, 5) is 0. The van der Waals surface area contributed by atoms with E-state index in [4.69, 9.17) is 8.42 Å². The second kappa shape index (κ2) is 1.97. The zero-order valence-electron chi connectivity index (χ0n) is 1.72. The summed E-state index contributed by atoms with van der Waals surface area (Å²) in [5, 5.41) is 0. The van der Waals surface area contributed by atoms with Gasteiger partial charge in [0.15, 0.2) is 0 Å². The molecule has 0 aliphatic rings. The number of rotatable bonds is 0. The van der Waals surface area contributed by atoms with Gasteiger partial charge in [-0.25, -0.2) is 0 Å². The molecule has 0 heterocycles. The number of hydrogen-bond donors (Lipinski definition) is 0. The summed E-state index contributed by atoms with van der Waals surface area (Å²) in [5.74, 6) is 0. The van der Waals surface area contributed by atoms with Crippen LogP contribution in [0.25, 0.3) is 0 Å². The van der Waals surface area contributed by atoms with Crippen LogP contribution >= 0.6 is 0 Å². The molecule has 4 heteroatoms. The molecule has 0 aromatic carbocycles. The van der Waals surface area contributed by atoms with Crippen LogP contribution in [0.3, 0.4) is 0 Å². The van der Waals surface area contributed by atoms with Crippen molar-refractivity contribution in [3.8, 4) is 0 Å². The summed E-state index contributed by atoms with van der Waals surface area (Å²) in [6.07, 6.45) is 0. The van der Waals surface area contributed by atoms with E-state index in [1.54, 1.807) is 0 Å². The molecule has 0 aromatic heterocycles. The van der Waals surface area contributed by atoms with E-state index in [1.165, 1.54) is 0 Å². The Bertz CT molecular complexity index is 75.4. The van der Waals surface area contributed by atoms with Crippen molar-refractivity contribution < 1.29 is 31.1 Å². The van der Waals surface area contributed by atoms with Gasteiger partial charge in [-0.2, -0.15) is 0 Å². The van der Waals surface area contributed by atoms with Crippen LogP contribution in [0.5, 0.6) is 0 Å². The molecule has 2 nitrogen and oxygen atoms in total. The third-order valence-corrected chi connectivity index (χ3v) is 0. The van der Waals surface area contributed by atoms with Crippen LogP contribution in [0.4, 0.5) is 0 Å². The van der Waals surface area contributed by atoms with Gasteiger partial charge in [0.1, 0.15) is 0 Å². The van der Waals surface area contributed by atoms with E-state index in [1.807, 2.05) is 0 Å². The Morgan fingerprint density at radius 2 is 1.50 bits per heavy atom. The minimum absolute atomic E-state index is 0.553. The zero-order chi connectivity index (χ0) is 3.58. The zero-order valence-corrected chi connectivity index (χ0v) is 5.00. The molecule has 22 valence electrons. The predicted molar refractivity (Wildman–Crippen MR) is 8.92 cm³/mol. The molecule has 0 aliphatic heterocycles. The molecule has 0 saturated heterocycles. The molecule has 4 heavy (non-hydrogen) atoms. The Hall–Kier alpha value is 0.703. The van der Waals surface area contributed by atoms with Crippen molar-refractivity contribution in [2.45, 2.75) is 0 Å². The van der Waals surface area contributed by atoms with E-state index in [0.29, 0.717) is 22.7 Å². The van der Waals surface area contributed by atoms with Crippen molar-refractivity contribution in [2.75, 3.05) is 0 Å². The van der Waals surface area contributed by atoms with Gasteiger partial charge in [-0.05, 0) is 0 Å². The topological polar surface area (TPSA) is 34.1 Å². The Labute approximate surface area is 38.1 Å². The van der Waals surface area contributed by atoms with Crippen molar-refractivity contribution in [1.82, 2.24) is 0 Å². The molecule has 0 spiro atoms. The molecule has 0 fully saturated rings. The normalized spacial score (nSPS) is 5.75. The Kier molecular flexibility index (Phi) is 2.32. The second-order valence-corrected chi connectivity index (χ2v) is 3.16. The van der Waals surface area contributed by atoms with Gasteiger partial charge in [-0.3, -0.25) is 0 Å². The molecule has 0 aliphatic carbocycles. The Morgan fingerprint density at radius 1 is 1.50 bits per heavy atom. The summed E-state index contributed by atoms with van der Waals surface area (Å²) in [7, 11) is 0. The quantitative estimate of drug-likeness (QED) is 0.465. The molecule has 0 atom stereocenters. The van der Waals surface area contributed by atoms with E-state index < -0.39 is 6.93 Å². The van der Waals surface area contributed by atoms with Crippen LogP contribution in [-0.4, -0.2) is 8.42 Å². The molecular weight excluding hydrogens is 155 g/mol. The van der Waals surface area contributed by atoms with Gasteiger partial charge in [-0.15, -0.1) is 0 Å². The second-order valence-electron chi connectivity index (χ2n) is 0.235. The van der Waals surface area contributed by atoms with E-state index in [-0.39, 0.29) is 0 Å². The first-order valence-electron chi connectivity index (χ1n) is 0.537. The predicted octanol–water partition coefficient (Wildman–Crippen LogP) is -0.673. The summed E-state index contributed by atoms with van der Waals surface area (Å²) in [5.41, 5.74) is 0. The van der Waals surface area contributed by atoms with Crippen LogP contribution in [0.15, 0.2) is 0 Å². The molecular formula is O2SZr. The van der Waals surface area contributed by atoms with Crippen LogP contribution in [-0.2, 0) is 29.6 Å². The molecule has 0 bridgehead atoms. The van der Waals surface area contributed by atoms with Crippen LogP contribution in [0.1, 0.15) is 0 Å². The molecule has 0 rings (SSSR count). The molecule has 0 unspecified atom stereocenters. The van der Waals surface area contributed by atoms with Gasteiger partial charge in [0.25, 0.3) is 0 Å². The van der Waals surface area contributed by atoms with Crippen molar-refractivity contribution in [1.29, 1.82) is 0 Å². The fraction of sp³-hybridized carbons (Fsp3) is 0. The first-order chi connectivity index (χ1) is 1.73. The van der Waals surface area contributed by atoms with Gasteiger partial charge < -0.3 is 0 Å². The first kappa shape index (κ1) is 4.70. The SMILES string of the molecule is O=[S](=O)=[Zr]. The Balaban J connectivity index is 4.65. The van der Waals surface area contributed by atoms with Crippen LogP contribution in [0, 0.1) is 0 Å². The van der Waals surface area contributed by atoms with Gasteiger partial charge in [0.05, 0.1) is 0 Å². The molecule has 0 N–H and O–H groups in total. The maximum absolute atomic E-state index is 9.04. The van der Waals surface area contributed by atoms with Gasteiger partial charge in [-0.1, -0.05) is 0 Å². The summed E-state index contributed by atoms with van der Waals surface area (Å²) in [6, 6.07) is 0. The van der Waals surface area contributed by atoms with Gasteiger partial charge in [0, 0.05) is 0 Å². The average molecular weight is 155 g/mol. The summed E-state index contributed by atoms with van der Waals surface area (Å²) < 4.78 is 18.1. The maximum atomic E-state index is 9.04.